The molecule has 0 aliphatic heterocycles. The predicted octanol–water partition coefficient (Wildman–Crippen LogP) is 39.8. The van der Waals surface area contributed by atoms with Crippen molar-refractivity contribution in [3.63, 3.8) is 0 Å². The highest BCUT2D eigenvalue weighted by atomic mass is 16.1. The van der Waals surface area contributed by atoms with Gasteiger partial charge in [0.05, 0.1) is 0 Å². The molecule has 22 aliphatic carbocycles. The van der Waals surface area contributed by atoms with Gasteiger partial charge in [-0.25, -0.2) is 0 Å². The van der Waals surface area contributed by atoms with Crippen molar-refractivity contribution in [2.45, 2.75) is 590 Å². The van der Waals surface area contributed by atoms with Crippen molar-refractivity contribution < 1.29 is 4.79 Å². The number of hydrogen-bond donors (Lipinski definition) is 0. The molecule has 10 unspecified atom stereocenters. The molecule has 1 heteroatoms. The highest BCUT2D eigenvalue weighted by Crippen LogP contribution is 2.67. The number of carbonyl (C=O) groups excluding carboxylic acids is 1. The number of carbonyl (C=O) groups is 1. The van der Waals surface area contributed by atoms with Crippen LogP contribution in [0.1, 0.15) is 590 Å². The van der Waals surface area contributed by atoms with E-state index in [9.17, 15) is 4.79 Å². The minimum absolute atomic E-state index is 0. The molecule has 110 heavy (non-hydrogen) atoms. The summed E-state index contributed by atoms with van der Waals surface area (Å²) in [5.41, 5.74) is 0. The van der Waals surface area contributed by atoms with Gasteiger partial charge >= 0.3 is 0 Å². The van der Waals surface area contributed by atoms with Crippen LogP contribution in [0, 0.1) is 107 Å². The minimum Gasteiger partial charge on any atom is -0.300 e. The van der Waals surface area contributed by atoms with Crippen LogP contribution in [-0.2, 0) is 4.79 Å². The van der Waals surface area contributed by atoms with Gasteiger partial charge in [0.1, 0.15) is 5.78 Å². The molecule has 22 aliphatic rings. The lowest BCUT2D eigenvalue weighted by Gasteiger charge is -2.51. The van der Waals surface area contributed by atoms with E-state index in [1.54, 1.807) is 180 Å². The van der Waals surface area contributed by atoms with E-state index in [0.717, 1.165) is 37.5 Å². The average molecular weight is 1550 g/mol. The second-order valence-electron chi connectivity index (χ2n) is 39.4. The average Bonchev–Trinajstić information content (AvgIpc) is 1.61. The van der Waals surface area contributed by atoms with Crippen molar-refractivity contribution in [2.75, 3.05) is 0 Å². The maximum atomic E-state index is 10.5. The first-order valence-electron chi connectivity index (χ1n) is 48.1. The first kappa shape index (κ1) is 114. The van der Waals surface area contributed by atoms with E-state index in [2.05, 4.69) is 0 Å². The predicted molar refractivity (Wildman–Crippen MR) is 509 cm³/mol. The van der Waals surface area contributed by atoms with E-state index in [0.29, 0.717) is 5.78 Å². The Morgan fingerprint density at radius 2 is 0.318 bits per heavy atom. The van der Waals surface area contributed by atoms with E-state index >= 15 is 0 Å². The summed E-state index contributed by atoms with van der Waals surface area (Å²) in [6, 6.07) is 0. The molecule has 0 aromatic carbocycles. The van der Waals surface area contributed by atoms with Gasteiger partial charge in [-0.2, -0.15) is 0 Å². The van der Waals surface area contributed by atoms with Crippen LogP contribution in [0.3, 0.4) is 0 Å². The third-order valence-electron chi connectivity index (χ3n) is 31.6. The Bertz CT molecular complexity index is 1710. The fraction of sp³-hybridized carbons (Fsp3) is 0.991. The Morgan fingerprint density at radius 3 is 0.518 bits per heavy atom. The number of Topliss-reactive ketones (excluding diaryl/α,β-unsaturated/α-hetero) is 1. The largest absolute Gasteiger partial charge is 0.300 e. The lowest BCUT2D eigenvalue weighted by Crippen LogP contribution is -2.43. The fourth-order valence-corrected chi connectivity index (χ4v) is 26.1. The quantitative estimate of drug-likeness (QED) is 0.175. The summed E-state index contributed by atoms with van der Waals surface area (Å²) >= 11 is 0. The zero-order valence-corrected chi connectivity index (χ0v) is 66.5. The second kappa shape index (κ2) is 69.5. The Balaban J connectivity index is -0.00000115. The standard InChI is InChI=1S/C17H28.C12H18.C12H24.C10H16.C8H16.C7H12.C7H14.C6H10O.C6H12.C5H10.C4H8.C3H6.12CH4/c1-2-6-14-12(4-1)8-10-17-15-7-3-5-13(15)9-11-16(14)17;1-2-8-5-7(1)11-9-3-4-10(6-9)12(8)11;1-2-4-6-8-10-12-11-9-7-5-3-1;1-7-2-9-4-8(1)5-10(3-7)6-9;1-2-4-6-8-7-5-3-1;1-2-7-4-3-6(1)5-7;1-2-4-6-7-5-3-1;7-6-4-2-1-3-5-6;1-2-4-6-5-3-1;1-2-4-5-3-1;1-2-4-3-1;1-2-3-1;;;;;;;;;;;;/h12-17H,1-11H2;7-12H,1-6H2;1-12H2;7-10H,1-6H2;1-8H2;6-7H,1-5H2;1-7H2;1-5H2;1-6H2;1-5H2;1-4H2;1-3H2;12*1H4. The van der Waals surface area contributed by atoms with Crippen molar-refractivity contribution in [3.05, 3.63) is 0 Å². The first-order valence-corrected chi connectivity index (χ1v) is 48.1. The summed E-state index contributed by atoms with van der Waals surface area (Å²) in [5, 5.41) is 0. The van der Waals surface area contributed by atoms with E-state index in [-0.39, 0.29) is 89.1 Å². The van der Waals surface area contributed by atoms with Crippen LogP contribution in [0.2, 0.25) is 0 Å². The molecule has 1 nitrogen and oxygen atoms in total. The monoisotopic (exact) mass is 1550 g/mol. The number of ketones is 1. The summed E-state index contributed by atoms with van der Waals surface area (Å²) in [6.45, 7) is 0. The molecule has 10 atom stereocenters. The Morgan fingerprint density at radius 1 is 0.136 bits per heavy atom. The molecule has 0 saturated heterocycles. The van der Waals surface area contributed by atoms with Gasteiger partial charge in [-0.1, -0.05) is 442 Å². The molecule has 22 rings (SSSR count). The summed E-state index contributed by atoms with van der Waals surface area (Å²) in [4.78, 5) is 10.5. The maximum absolute atomic E-state index is 10.5. The van der Waals surface area contributed by atoms with Crippen LogP contribution in [0.25, 0.3) is 0 Å². The third kappa shape index (κ3) is 42.6. The van der Waals surface area contributed by atoms with Gasteiger partial charge in [0.15, 0.2) is 0 Å². The summed E-state index contributed by atoms with van der Waals surface area (Å²) in [5.74, 6) is 21.8. The molecule has 0 spiro atoms. The molecule has 22 fully saturated rings. The molecule has 22 saturated carbocycles. The van der Waals surface area contributed by atoms with E-state index < -0.39 is 0 Å². The highest BCUT2D eigenvalue weighted by Gasteiger charge is 2.59. The minimum atomic E-state index is 0. The number of rotatable bonds is 0. The summed E-state index contributed by atoms with van der Waals surface area (Å²) < 4.78 is 0. The lowest BCUT2D eigenvalue weighted by atomic mass is 9.54. The van der Waals surface area contributed by atoms with Gasteiger partial charge in [-0.15, -0.1) is 0 Å². The number of fused-ring (bicyclic) bond motifs is 16. The Kier molecular flexibility index (Phi) is 71.9. The molecule has 0 N–H and O–H groups in total. The molecular weight excluding hydrogens is 1330 g/mol. The summed E-state index contributed by atoms with van der Waals surface area (Å²) in [7, 11) is 0. The van der Waals surface area contributed by atoms with E-state index in [1.807, 2.05) is 0 Å². The van der Waals surface area contributed by atoms with Crippen LogP contribution in [0.4, 0.5) is 0 Å². The molecule has 0 amide bonds. The topological polar surface area (TPSA) is 17.1 Å². The molecular formula is C109H222O. The molecule has 0 aromatic rings. The highest BCUT2D eigenvalue weighted by molar-refractivity contribution is 5.78. The van der Waals surface area contributed by atoms with Crippen molar-refractivity contribution in [1.29, 1.82) is 0 Å². The van der Waals surface area contributed by atoms with Crippen molar-refractivity contribution in [1.82, 2.24) is 0 Å². The Hall–Kier alpha value is -0.330. The van der Waals surface area contributed by atoms with Crippen LogP contribution >= 0.6 is 0 Å². The van der Waals surface area contributed by atoms with Crippen LogP contribution in [0.5, 0.6) is 0 Å². The normalized spacial score (nSPS) is 35.0. The zero-order chi connectivity index (χ0) is 67.1. The summed E-state index contributed by atoms with van der Waals surface area (Å²) in [6.07, 6.45) is 117. The van der Waals surface area contributed by atoms with Gasteiger partial charge in [0.2, 0.25) is 0 Å². The third-order valence-corrected chi connectivity index (χ3v) is 31.6. The smallest absolute Gasteiger partial charge is 0.132 e. The molecule has 0 heterocycles. The SMILES string of the molecule is C.C.C.C.C.C.C.C.C.C.C.C.C1C2CC3CC1CC(C2)C3.C1CC1.C1CC2CC1C1C3CCC(C3)C21.C1CC2CCC1C2.C1CCC1.C1CCC2C(C1)CCC1C3CCCC3CCC21.C1CCCC1.C1CCCCC1.C1CCCCCC1.C1CCCCCCC1.C1CCCCCCCCCCC1.O=C1CCCCC1. The molecule has 0 aromatic heterocycles. The van der Waals surface area contributed by atoms with Gasteiger partial charge in [0, 0.05) is 12.8 Å². The maximum Gasteiger partial charge on any atom is 0.132 e. The molecule has 0 radical (unpaired) electrons. The van der Waals surface area contributed by atoms with Gasteiger partial charge in [-0.05, 0) is 241 Å². The second-order valence-corrected chi connectivity index (χ2v) is 39.4. The fourth-order valence-electron chi connectivity index (χ4n) is 26.1. The number of hydrogen-bond acceptors (Lipinski definition) is 1. The first-order chi connectivity index (χ1) is 48.6. The molecule has 664 valence electrons. The van der Waals surface area contributed by atoms with Crippen LogP contribution in [0.15, 0.2) is 0 Å². The molecule has 10 bridgehead atoms. The Labute approximate surface area is 702 Å². The van der Waals surface area contributed by atoms with E-state index in [4.69, 9.17) is 0 Å². The van der Waals surface area contributed by atoms with Gasteiger partial charge in [-0.3, -0.25) is 4.79 Å². The lowest BCUT2D eigenvalue weighted by molar-refractivity contribution is -0.120. The van der Waals surface area contributed by atoms with Gasteiger partial charge in [0.25, 0.3) is 0 Å². The van der Waals surface area contributed by atoms with E-state index in [1.165, 1.54) is 390 Å². The van der Waals surface area contributed by atoms with Crippen molar-refractivity contribution >= 4 is 5.78 Å². The van der Waals surface area contributed by atoms with Crippen molar-refractivity contribution in [3.8, 4) is 0 Å². The van der Waals surface area contributed by atoms with Crippen LogP contribution in [-0.4, -0.2) is 5.78 Å². The van der Waals surface area contributed by atoms with Crippen LogP contribution < -0.4 is 0 Å². The zero-order valence-electron chi connectivity index (χ0n) is 66.5. The van der Waals surface area contributed by atoms with Gasteiger partial charge < -0.3 is 0 Å². The van der Waals surface area contributed by atoms with Crippen molar-refractivity contribution in [2.24, 2.45) is 107 Å².